The fraction of sp³-hybridized carbons (Fsp3) is 0.667. The molecule has 0 N–H and O–H groups in total. The van der Waals surface area contributed by atoms with E-state index in [1.807, 2.05) is 13.0 Å². The molecular weight excluding hydrogens is 196 g/mol. The molecular formula is C15H24O. The summed E-state index contributed by atoms with van der Waals surface area (Å²) in [5.41, 5.74) is 1.57. The zero-order valence-corrected chi connectivity index (χ0v) is 11.0. The number of hydrogen-bond acceptors (Lipinski definition) is 1. The van der Waals surface area contributed by atoms with Crippen molar-refractivity contribution in [3.8, 4) is 0 Å². The van der Waals surface area contributed by atoms with Crippen LogP contribution in [0.25, 0.3) is 0 Å². The zero-order chi connectivity index (χ0) is 12.2. The SMILES string of the molecule is CC1=C\CC(C)(C)CCCC(C)C(=O)/C=C\1. The highest BCUT2D eigenvalue weighted by Gasteiger charge is 2.18. The van der Waals surface area contributed by atoms with Gasteiger partial charge in [-0.3, -0.25) is 4.79 Å². The topological polar surface area (TPSA) is 17.1 Å². The molecule has 1 unspecified atom stereocenters. The number of carbonyl (C=O) groups is 1. The number of allylic oxidation sites excluding steroid dienone is 4. The maximum absolute atomic E-state index is 11.7. The lowest BCUT2D eigenvalue weighted by atomic mass is 9.82. The molecule has 0 saturated heterocycles. The highest BCUT2D eigenvalue weighted by atomic mass is 16.1. The molecule has 1 heteroatoms. The second kappa shape index (κ2) is 5.47. The molecule has 0 heterocycles. The van der Waals surface area contributed by atoms with Crippen LogP contribution in [-0.4, -0.2) is 5.78 Å². The normalized spacial score (nSPS) is 32.4. The smallest absolute Gasteiger partial charge is 0.158 e. The summed E-state index contributed by atoms with van der Waals surface area (Å²) in [5, 5.41) is 0. The molecule has 1 aliphatic carbocycles. The highest BCUT2D eigenvalue weighted by Crippen LogP contribution is 2.30. The van der Waals surface area contributed by atoms with Gasteiger partial charge < -0.3 is 0 Å². The van der Waals surface area contributed by atoms with Crippen molar-refractivity contribution in [1.29, 1.82) is 0 Å². The van der Waals surface area contributed by atoms with Gasteiger partial charge in [0.15, 0.2) is 5.78 Å². The minimum absolute atomic E-state index is 0.179. The molecule has 0 spiro atoms. The molecule has 0 aromatic carbocycles. The maximum atomic E-state index is 11.7. The Morgan fingerprint density at radius 1 is 1.31 bits per heavy atom. The van der Waals surface area contributed by atoms with Crippen molar-refractivity contribution in [2.45, 2.75) is 53.4 Å². The van der Waals surface area contributed by atoms with Crippen molar-refractivity contribution in [1.82, 2.24) is 0 Å². The van der Waals surface area contributed by atoms with Crippen LogP contribution in [0.3, 0.4) is 0 Å². The van der Waals surface area contributed by atoms with E-state index >= 15 is 0 Å². The molecule has 16 heavy (non-hydrogen) atoms. The molecule has 0 fully saturated rings. The van der Waals surface area contributed by atoms with Gasteiger partial charge in [0.2, 0.25) is 0 Å². The van der Waals surface area contributed by atoms with Crippen LogP contribution < -0.4 is 0 Å². The van der Waals surface area contributed by atoms with Crippen LogP contribution >= 0.6 is 0 Å². The van der Waals surface area contributed by atoms with Gasteiger partial charge >= 0.3 is 0 Å². The summed E-state index contributed by atoms with van der Waals surface area (Å²) in [6.07, 6.45) is 10.4. The molecule has 0 saturated carbocycles. The molecule has 1 atom stereocenters. The third kappa shape index (κ3) is 4.34. The van der Waals surface area contributed by atoms with Crippen molar-refractivity contribution in [2.75, 3.05) is 0 Å². The van der Waals surface area contributed by atoms with Gasteiger partial charge in [0, 0.05) is 5.92 Å². The molecule has 0 aromatic heterocycles. The zero-order valence-electron chi connectivity index (χ0n) is 11.0. The molecule has 1 aliphatic rings. The van der Waals surface area contributed by atoms with Gasteiger partial charge in [-0.25, -0.2) is 0 Å². The van der Waals surface area contributed by atoms with Crippen LogP contribution in [0, 0.1) is 11.3 Å². The predicted molar refractivity (Wildman–Crippen MR) is 69.3 cm³/mol. The number of carbonyl (C=O) groups excluding carboxylic acids is 1. The van der Waals surface area contributed by atoms with Gasteiger partial charge in [-0.05, 0) is 37.7 Å². The monoisotopic (exact) mass is 220 g/mol. The number of hydrogen-bond donors (Lipinski definition) is 0. The first-order valence-electron chi connectivity index (χ1n) is 6.29. The second-order valence-corrected chi connectivity index (χ2v) is 5.85. The standard InChI is InChI=1S/C15H24O/c1-12-7-8-14(16)13(2)6-5-10-15(3,4)11-9-12/h7-9,13H,5-6,10-11H2,1-4H3/b8-7-,12-9+. The lowest BCUT2D eigenvalue weighted by Crippen LogP contribution is -2.12. The van der Waals surface area contributed by atoms with E-state index in [0.29, 0.717) is 5.41 Å². The summed E-state index contributed by atoms with van der Waals surface area (Å²) >= 11 is 0. The average molecular weight is 220 g/mol. The molecule has 0 bridgehead atoms. The lowest BCUT2D eigenvalue weighted by Gasteiger charge is -2.23. The van der Waals surface area contributed by atoms with E-state index in [9.17, 15) is 4.79 Å². The minimum Gasteiger partial charge on any atom is -0.295 e. The Kier molecular flexibility index (Phi) is 4.52. The van der Waals surface area contributed by atoms with Crippen LogP contribution in [0.2, 0.25) is 0 Å². The van der Waals surface area contributed by atoms with Gasteiger partial charge in [0.1, 0.15) is 0 Å². The van der Waals surface area contributed by atoms with Crippen molar-refractivity contribution in [2.24, 2.45) is 11.3 Å². The summed E-state index contributed by atoms with van der Waals surface area (Å²) in [6, 6.07) is 0. The fourth-order valence-electron chi connectivity index (χ4n) is 2.01. The first-order chi connectivity index (χ1) is 7.41. The predicted octanol–water partition coefficient (Wildman–Crippen LogP) is 4.29. The molecule has 1 rings (SSSR count). The van der Waals surface area contributed by atoms with E-state index in [0.717, 1.165) is 19.3 Å². The Balaban J connectivity index is 2.80. The molecule has 1 nitrogen and oxygen atoms in total. The summed E-state index contributed by atoms with van der Waals surface area (Å²) in [6.45, 7) is 8.73. The number of rotatable bonds is 0. The Labute approximate surface area is 99.6 Å². The fourth-order valence-corrected chi connectivity index (χ4v) is 2.01. The summed E-state index contributed by atoms with van der Waals surface area (Å²) < 4.78 is 0. The maximum Gasteiger partial charge on any atom is 0.158 e. The summed E-state index contributed by atoms with van der Waals surface area (Å²) in [7, 11) is 0. The van der Waals surface area contributed by atoms with Gasteiger partial charge in [-0.1, -0.05) is 44.9 Å². The van der Waals surface area contributed by atoms with Crippen molar-refractivity contribution in [3.05, 3.63) is 23.8 Å². The largest absolute Gasteiger partial charge is 0.295 e. The van der Waals surface area contributed by atoms with Crippen LogP contribution in [0.15, 0.2) is 23.8 Å². The first kappa shape index (κ1) is 13.2. The average Bonchev–Trinajstić information content (AvgIpc) is 2.23. The summed E-state index contributed by atoms with van der Waals surface area (Å²) in [5.74, 6) is 0.449. The van der Waals surface area contributed by atoms with Gasteiger partial charge in [0.25, 0.3) is 0 Å². The van der Waals surface area contributed by atoms with Crippen LogP contribution in [0.5, 0.6) is 0 Å². The molecule has 0 aromatic rings. The van der Waals surface area contributed by atoms with Gasteiger partial charge in [-0.2, -0.15) is 0 Å². The van der Waals surface area contributed by atoms with E-state index in [1.54, 1.807) is 6.08 Å². The van der Waals surface area contributed by atoms with Gasteiger partial charge in [-0.15, -0.1) is 0 Å². The van der Waals surface area contributed by atoms with Crippen LogP contribution in [-0.2, 0) is 4.79 Å². The lowest BCUT2D eigenvalue weighted by molar-refractivity contribution is -0.117. The molecule has 0 aliphatic heterocycles. The Bertz CT molecular complexity index is 307. The van der Waals surface area contributed by atoms with Crippen LogP contribution in [0.4, 0.5) is 0 Å². The Morgan fingerprint density at radius 3 is 2.69 bits per heavy atom. The summed E-state index contributed by atoms with van der Waals surface area (Å²) in [4.78, 5) is 11.7. The third-order valence-electron chi connectivity index (χ3n) is 3.46. The molecule has 0 radical (unpaired) electrons. The molecule has 0 amide bonds. The third-order valence-corrected chi connectivity index (χ3v) is 3.46. The first-order valence-corrected chi connectivity index (χ1v) is 6.29. The number of ketones is 1. The van der Waals surface area contributed by atoms with Crippen molar-refractivity contribution in [3.63, 3.8) is 0 Å². The van der Waals surface area contributed by atoms with E-state index in [1.165, 1.54) is 12.0 Å². The van der Waals surface area contributed by atoms with Crippen LogP contribution in [0.1, 0.15) is 53.4 Å². The van der Waals surface area contributed by atoms with Crippen molar-refractivity contribution >= 4 is 5.78 Å². The van der Waals surface area contributed by atoms with E-state index in [2.05, 4.69) is 26.8 Å². The van der Waals surface area contributed by atoms with E-state index < -0.39 is 0 Å². The molecule has 90 valence electrons. The van der Waals surface area contributed by atoms with E-state index in [-0.39, 0.29) is 11.7 Å². The highest BCUT2D eigenvalue weighted by molar-refractivity contribution is 5.91. The van der Waals surface area contributed by atoms with E-state index in [4.69, 9.17) is 0 Å². The minimum atomic E-state index is 0.179. The Morgan fingerprint density at radius 2 is 2.00 bits per heavy atom. The van der Waals surface area contributed by atoms with Gasteiger partial charge in [0.05, 0.1) is 0 Å². The Hall–Kier alpha value is -0.850. The van der Waals surface area contributed by atoms with Crippen molar-refractivity contribution < 1.29 is 4.79 Å². The quantitative estimate of drug-likeness (QED) is 0.595. The second-order valence-electron chi connectivity index (χ2n) is 5.85.